The summed E-state index contributed by atoms with van der Waals surface area (Å²) in [7, 11) is 3.15. The van der Waals surface area contributed by atoms with Crippen LogP contribution in [0.4, 0.5) is 11.4 Å². The van der Waals surface area contributed by atoms with E-state index in [-0.39, 0.29) is 58.1 Å². The lowest BCUT2D eigenvalue weighted by molar-refractivity contribution is -0.123. The number of thiazole rings is 1. The third-order valence-corrected chi connectivity index (χ3v) is 13.2. The SMILES string of the molecule is COc1ccc(NC(=O)COc2ccc(Br)cc2[C@@H]2c3sc(=O)[nH]c3S[C@@H]3[C@@H]4C[C@@H]([C@@H]5C(=O)N(c6ccc(OC)cc6)C(=O)[C@@H]45)[C@H]23)cc1. The number of nitrogens with one attached hydrogen (secondary N) is 2. The average molecular weight is 749 g/mol. The van der Waals surface area contributed by atoms with Crippen molar-refractivity contribution in [3.05, 3.63) is 91.3 Å². The molecule has 2 N–H and O–H groups in total. The Morgan fingerprint density at radius 1 is 0.938 bits per heavy atom. The molecule has 7 atom stereocenters. The third kappa shape index (κ3) is 5.05. The number of H-pyrrole nitrogens is 1. The molecule has 0 radical (unpaired) electrons. The molecule has 8 rings (SSSR count). The second kappa shape index (κ2) is 12.1. The Hall–Kier alpha value is -4.07. The molecular weight excluding hydrogens is 718 g/mol. The van der Waals surface area contributed by atoms with E-state index in [1.165, 1.54) is 16.2 Å². The van der Waals surface area contributed by atoms with E-state index in [0.29, 0.717) is 28.6 Å². The molecule has 0 unspecified atom stereocenters. The number of nitrogens with zero attached hydrogens (tertiary/aromatic N) is 1. The van der Waals surface area contributed by atoms with Gasteiger partial charge in [-0.05, 0) is 90.9 Å². The van der Waals surface area contributed by atoms with Crippen LogP contribution in [-0.4, -0.2) is 48.8 Å². The fourth-order valence-electron chi connectivity index (χ4n) is 8.26. The van der Waals surface area contributed by atoms with E-state index < -0.39 is 11.8 Å². The zero-order valence-corrected chi connectivity index (χ0v) is 29.0. The van der Waals surface area contributed by atoms with Gasteiger partial charge >= 0.3 is 4.87 Å². The Bertz CT molecular complexity index is 2000. The Morgan fingerprint density at radius 2 is 1.60 bits per heavy atom. The molecule has 2 aliphatic carbocycles. The molecule has 48 heavy (non-hydrogen) atoms. The Balaban J connectivity index is 1.12. The number of hydrogen-bond donors (Lipinski definition) is 2. The van der Waals surface area contributed by atoms with Crippen LogP contribution in [0, 0.1) is 29.6 Å². The van der Waals surface area contributed by atoms with Crippen LogP contribution >= 0.6 is 39.0 Å². The monoisotopic (exact) mass is 747 g/mol. The molecule has 4 aliphatic rings. The zero-order valence-electron chi connectivity index (χ0n) is 25.8. The van der Waals surface area contributed by atoms with E-state index in [2.05, 4.69) is 26.2 Å². The van der Waals surface area contributed by atoms with Gasteiger partial charge in [0.1, 0.15) is 17.2 Å². The Morgan fingerprint density at radius 3 is 2.29 bits per heavy atom. The molecule has 4 aromatic rings. The van der Waals surface area contributed by atoms with Crippen molar-refractivity contribution < 1.29 is 28.6 Å². The summed E-state index contributed by atoms with van der Waals surface area (Å²) < 4.78 is 17.5. The van der Waals surface area contributed by atoms with Crippen molar-refractivity contribution in [2.24, 2.45) is 29.6 Å². The van der Waals surface area contributed by atoms with Crippen molar-refractivity contribution in [1.29, 1.82) is 0 Å². The van der Waals surface area contributed by atoms with Gasteiger partial charge in [0.2, 0.25) is 11.8 Å². The van der Waals surface area contributed by atoms with Gasteiger partial charge in [-0.3, -0.25) is 24.1 Å². The first kappa shape index (κ1) is 31.2. The molecule has 3 amide bonds. The first-order valence-electron chi connectivity index (χ1n) is 15.5. The van der Waals surface area contributed by atoms with Crippen molar-refractivity contribution in [3.63, 3.8) is 0 Å². The molecular formula is C35H30BrN3O7S2. The van der Waals surface area contributed by atoms with Crippen LogP contribution in [0.15, 0.2) is 81.0 Å². The van der Waals surface area contributed by atoms with Crippen LogP contribution in [0.1, 0.15) is 22.8 Å². The van der Waals surface area contributed by atoms with E-state index in [9.17, 15) is 19.2 Å². The summed E-state index contributed by atoms with van der Waals surface area (Å²) in [5.74, 6) is -0.0538. The van der Waals surface area contributed by atoms with Crippen LogP contribution in [0.3, 0.4) is 0 Å². The smallest absolute Gasteiger partial charge is 0.305 e. The minimum absolute atomic E-state index is 0.0109. The van der Waals surface area contributed by atoms with Gasteiger partial charge in [0.05, 0.1) is 36.8 Å². The maximum absolute atomic E-state index is 14.1. The summed E-state index contributed by atoms with van der Waals surface area (Å²) in [5, 5.41) is 3.66. The lowest BCUT2D eigenvalue weighted by Crippen LogP contribution is -2.42. The number of anilines is 2. The maximum atomic E-state index is 14.1. The fourth-order valence-corrected chi connectivity index (χ4v) is 11.5. The van der Waals surface area contributed by atoms with Crippen molar-refractivity contribution in [2.75, 3.05) is 31.0 Å². The highest BCUT2D eigenvalue weighted by molar-refractivity contribution is 9.10. The molecule has 2 bridgehead atoms. The zero-order chi connectivity index (χ0) is 33.3. The van der Waals surface area contributed by atoms with Gasteiger partial charge in [-0.25, -0.2) is 0 Å². The minimum atomic E-state index is -0.446. The highest BCUT2D eigenvalue weighted by atomic mass is 79.9. The lowest BCUT2D eigenvalue weighted by Gasteiger charge is -2.43. The predicted molar refractivity (Wildman–Crippen MR) is 185 cm³/mol. The molecule has 246 valence electrons. The van der Waals surface area contributed by atoms with E-state index in [4.69, 9.17) is 14.2 Å². The number of hydrogen-bond acceptors (Lipinski definition) is 9. The van der Waals surface area contributed by atoms with E-state index in [0.717, 1.165) is 26.4 Å². The van der Waals surface area contributed by atoms with Crippen molar-refractivity contribution in [3.8, 4) is 17.2 Å². The Kier molecular flexibility index (Phi) is 7.88. The number of benzene rings is 3. The van der Waals surface area contributed by atoms with Crippen LogP contribution in [0.25, 0.3) is 0 Å². The molecule has 0 spiro atoms. The topological polar surface area (TPSA) is 127 Å². The summed E-state index contributed by atoms with van der Waals surface area (Å²) in [6, 6.07) is 19.7. The molecule has 3 aromatic carbocycles. The van der Waals surface area contributed by atoms with Gasteiger partial charge in [0, 0.05) is 31.8 Å². The number of aromatic nitrogens is 1. The summed E-state index contributed by atoms with van der Waals surface area (Å²) >= 11 is 6.43. The molecule has 2 saturated carbocycles. The number of ether oxygens (including phenoxy) is 3. The summed E-state index contributed by atoms with van der Waals surface area (Å²) in [4.78, 5) is 59.0. The van der Waals surface area contributed by atoms with Crippen molar-refractivity contribution >= 4 is 68.1 Å². The lowest BCUT2D eigenvalue weighted by atomic mass is 9.68. The molecule has 3 heterocycles. The van der Waals surface area contributed by atoms with Gasteiger partial charge in [-0.15, -0.1) is 11.8 Å². The predicted octanol–water partition coefficient (Wildman–Crippen LogP) is 5.91. The number of carbonyl (C=O) groups excluding carboxylic acids is 3. The summed E-state index contributed by atoms with van der Waals surface area (Å²) in [5.41, 5.74) is 2.00. The summed E-state index contributed by atoms with van der Waals surface area (Å²) in [6.45, 7) is -0.229. The fraction of sp³-hybridized carbons (Fsp3) is 0.314. The molecule has 10 nitrogen and oxygen atoms in total. The third-order valence-electron chi connectivity index (χ3n) is 10.1. The highest BCUT2D eigenvalue weighted by Gasteiger charge is 2.69. The first-order chi connectivity index (χ1) is 23.2. The number of thioether (sulfide) groups is 1. The number of imide groups is 1. The number of aromatic amines is 1. The summed E-state index contributed by atoms with van der Waals surface area (Å²) in [6.07, 6.45) is 0.760. The van der Waals surface area contributed by atoms with Crippen LogP contribution in [0.2, 0.25) is 0 Å². The van der Waals surface area contributed by atoms with Crippen LogP contribution in [-0.2, 0) is 14.4 Å². The number of methoxy groups -OCH3 is 2. The van der Waals surface area contributed by atoms with E-state index >= 15 is 0 Å². The van der Waals surface area contributed by atoms with Gasteiger partial charge in [0.25, 0.3) is 5.91 Å². The largest absolute Gasteiger partial charge is 0.497 e. The quantitative estimate of drug-likeness (QED) is 0.213. The van der Waals surface area contributed by atoms with Crippen LogP contribution < -0.4 is 29.3 Å². The first-order valence-corrected chi connectivity index (χ1v) is 18.0. The molecule has 13 heteroatoms. The normalized spacial score (nSPS) is 26.6. The van der Waals surface area contributed by atoms with Crippen LogP contribution in [0.5, 0.6) is 17.2 Å². The number of halogens is 1. The van der Waals surface area contributed by atoms with E-state index in [1.54, 1.807) is 74.5 Å². The average Bonchev–Trinajstić information content (AvgIpc) is 3.83. The number of amides is 3. The standard InChI is InChI=1S/C35H30BrN3O7S2/c1-44-19-8-4-17(5-9-19)37-25(40)15-46-24-12-3-16(36)13-21(24)26-27-22-14-23(30(27)47-32-31(26)48-35(43)38-32)29-28(22)33(41)39(34(29)42)18-6-10-20(45-2)11-7-18/h3-13,22-23,26-30H,14-15H2,1-2H3,(H,37,40)(H,38,43)/t22-,23-,26+,27-,28+,29+,30-/m1/s1. The van der Waals surface area contributed by atoms with Gasteiger partial charge in [-0.2, -0.15) is 0 Å². The second-order valence-electron chi connectivity index (χ2n) is 12.4. The van der Waals surface area contributed by atoms with Gasteiger partial charge in [0.15, 0.2) is 6.61 Å². The molecule has 1 aromatic heterocycles. The number of fused-ring (bicyclic) bond motifs is 9. The van der Waals surface area contributed by atoms with Gasteiger partial charge in [-0.1, -0.05) is 27.3 Å². The molecule has 2 aliphatic heterocycles. The number of rotatable bonds is 8. The van der Waals surface area contributed by atoms with Crippen molar-refractivity contribution in [2.45, 2.75) is 22.6 Å². The maximum Gasteiger partial charge on any atom is 0.305 e. The van der Waals surface area contributed by atoms with Crippen molar-refractivity contribution in [1.82, 2.24) is 4.98 Å². The molecule has 3 fully saturated rings. The molecule has 1 saturated heterocycles. The Labute approximate surface area is 292 Å². The minimum Gasteiger partial charge on any atom is -0.497 e. The highest BCUT2D eigenvalue weighted by Crippen LogP contribution is 2.69. The second-order valence-corrected chi connectivity index (χ2v) is 15.5. The van der Waals surface area contributed by atoms with Gasteiger partial charge < -0.3 is 24.5 Å². The number of carbonyl (C=O) groups is 3. The van der Waals surface area contributed by atoms with E-state index in [1.807, 2.05) is 18.2 Å².